The van der Waals surface area contributed by atoms with E-state index in [-0.39, 0.29) is 0 Å². The van der Waals surface area contributed by atoms with E-state index >= 15 is 0 Å². The molecule has 1 aliphatic carbocycles. The van der Waals surface area contributed by atoms with Crippen molar-refractivity contribution in [3.05, 3.63) is 204 Å². The van der Waals surface area contributed by atoms with Crippen molar-refractivity contribution in [2.24, 2.45) is 5.41 Å². The Morgan fingerprint density at radius 2 is 0.750 bits per heavy atom. The molecule has 0 bridgehead atoms. The zero-order chi connectivity index (χ0) is 27.5. The zero-order valence-corrected chi connectivity index (χ0v) is 22.2. The molecular weight excluding hydrogens is 488 g/mol. The number of rotatable bonds is 7. The van der Waals surface area contributed by atoms with Crippen LogP contribution < -0.4 is 0 Å². The van der Waals surface area contributed by atoms with Crippen molar-refractivity contribution in [1.82, 2.24) is 0 Å². The summed E-state index contributed by atoms with van der Waals surface area (Å²) in [6.07, 6.45) is 8.13. The number of benzene rings is 5. The highest BCUT2D eigenvalue weighted by Gasteiger charge is 2.67. The average molecular weight is 521 g/mol. The Kier molecular flexibility index (Phi) is 6.81. The molecule has 1 aliphatic rings. The standard InChI is InChI=1S/C38H32O2/c39-37(31-20-8-2-9-21-31,32-22-10-3-11-23-32)36(29-17-16-28-35(36)30-18-6-1-7-19-30)38(40,33-24-12-4-13-25-33)34-26-14-5-15-27-34/h1-29,35,39-40H. The van der Waals surface area contributed by atoms with Gasteiger partial charge in [-0.05, 0) is 27.8 Å². The van der Waals surface area contributed by atoms with Crippen LogP contribution in [-0.2, 0) is 11.2 Å². The van der Waals surface area contributed by atoms with Gasteiger partial charge in [0.1, 0.15) is 11.2 Å². The second kappa shape index (κ2) is 10.6. The molecule has 2 nitrogen and oxygen atoms in total. The SMILES string of the molecule is OC(c1ccccc1)(c1ccccc1)C1(C(O)(c2ccccc2)c2ccccc2)C=CC=CC1c1ccccc1. The van der Waals surface area contributed by atoms with Crippen LogP contribution in [0.4, 0.5) is 0 Å². The lowest BCUT2D eigenvalue weighted by molar-refractivity contribution is -0.152. The first-order valence-electron chi connectivity index (χ1n) is 13.7. The van der Waals surface area contributed by atoms with Crippen LogP contribution in [-0.4, -0.2) is 10.2 Å². The molecule has 2 N–H and O–H groups in total. The fourth-order valence-electron chi connectivity index (χ4n) is 6.63. The molecule has 0 saturated carbocycles. The Hall–Kier alpha value is -4.50. The minimum Gasteiger partial charge on any atom is -0.379 e. The van der Waals surface area contributed by atoms with Crippen LogP contribution >= 0.6 is 0 Å². The lowest BCUT2D eigenvalue weighted by Crippen LogP contribution is -2.61. The zero-order valence-electron chi connectivity index (χ0n) is 22.2. The lowest BCUT2D eigenvalue weighted by atomic mass is 9.47. The summed E-state index contributed by atoms with van der Waals surface area (Å²) in [5.74, 6) is -0.408. The quantitative estimate of drug-likeness (QED) is 0.230. The van der Waals surface area contributed by atoms with Crippen molar-refractivity contribution in [2.75, 3.05) is 0 Å². The molecule has 40 heavy (non-hydrogen) atoms. The summed E-state index contributed by atoms with van der Waals surface area (Å²) >= 11 is 0. The first kappa shape index (κ1) is 25.8. The van der Waals surface area contributed by atoms with Crippen LogP contribution in [0.3, 0.4) is 0 Å². The Labute approximate surface area is 236 Å². The maximum atomic E-state index is 13.7. The predicted octanol–water partition coefficient (Wildman–Crippen LogP) is 7.75. The van der Waals surface area contributed by atoms with Gasteiger partial charge in [-0.25, -0.2) is 0 Å². The summed E-state index contributed by atoms with van der Waals surface area (Å²) < 4.78 is 0. The molecule has 6 rings (SSSR count). The summed E-state index contributed by atoms with van der Waals surface area (Å²) in [5, 5.41) is 27.3. The second-order valence-electron chi connectivity index (χ2n) is 10.4. The van der Waals surface area contributed by atoms with E-state index in [0.29, 0.717) is 22.3 Å². The molecule has 0 fully saturated rings. The van der Waals surface area contributed by atoms with Crippen molar-refractivity contribution in [1.29, 1.82) is 0 Å². The van der Waals surface area contributed by atoms with Gasteiger partial charge in [0.15, 0.2) is 0 Å². The van der Waals surface area contributed by atoms with Crippen LogP contribution in [0.2, 0.25) is 0 Å². The van der Waals surface area contributed by atoms with E-state index in [1.807, 2.05) is 158 Å². The van der Waals surface area contributed by atoms with Crippen molar-refractivity contribution >= 4 is 0 Å². The first-order valence-corrected chi connectivity index (χ1v) is 13.7. The maximum Gasteiger partial charge on any atom is 0.128 e. The van der Waals surface area contributed by atoms with Gasteiger partial charge in [-0.3, -0.25) is 0 Å². The van der Waals surface area contributed by atoms with E-state index in [2.05, 4.69) is 18.2 Å². The topological polar surface area (TPSA) is 40.5 Å². The molecule has 0 heterocycles. The van der Waals surface area contributed by atoms with Crippen LogP contribution in [0, 0.1) is 5.41 Å². The van der Waals surface area contributed by atoms with Crippen molar-refractivity contribution in [3.63, 3.8) is 0 Å². The van der Waals surface area contributed by atoms with Gasteiger partial charge in [0.05, 0.1) is 5.41 Å². The van der Waals surface area contributed by atoms with Crippen LogP contribution in [0.5, 0.6) is 0 Å². The highest BCUT2D eigenvalue weighted by Crippen LogP contribution is 2.65. The highest BCUT2D eigenvalue weighted by atomic mass is 16.3. The van der Waals surface area contributed by atoms with Gasteiger partial charge >= 0.3 is 0 Å². The van der Waals surface area contributed by atoms with E-state index in [1.54, 1.807) is 0 Å². The largest absolute Gasteiger partial charge is 0.379 e. The summed E-state index contributed by atoms with van der Waals surface area (Å²) in [6.45, 7) is 0. The Morgan fingerprint density at radius 3 is 1.10 bits per heavy atom. The van der Waals surface area contributed by atoms with Crippen LogP contribution in [0.15, 0.2) is 176 Å². The summed E-state index contributed by atoms with van der Waals surface area (Å²) in [7, 11) is 0. The third kappa shape index (κ3) is 3.88. The number of allylic oxidation sites excluding steroid dienone is 3. The van der Waals surface area contributed by atoms with E-state index in [4.69, 9.17) is 0 Å². The van der Waals surface area contributed by atoms with Crippen molar-refractivity contribution in [2.45, 2.75) is 17.1 Å². The van der Waals surface area contributed by atoms with Gasteiger partial charge in [-0.2, -0.15) is 0 Å². The molecule has 0 radical (unpaired) electrons. The van der Waals surface area contributed by atoms with Crippen LogP contribution in [0.1, 0.15) is 33.7 Å². The molecule has 1 unspecified atom stereocenters. The molecule has 0 spiro atoms. The van der Waals surface area contributed by atoms with Crippen molar-refractivity contribution < 1.29 is 10.2 Å². The average Bonchev–Trinajstić information content (AvgIpc) is 3.06. The Morgan fingerprint density at radius 1 is 0.425 bits per heavy atom. The molecule has 2 heteroatoms. The minimum atomic E-state index is -1.67. The van der Waals surface area contributed by atoms with Gasteiger partial charge < -0.3 is 10.2 Å². The molecule has 196 valence electrons. The van der Waals surface area contributed by atoms with Gasteiger partial charge in [-0.15, -0.1) is 0 Å². The maximum absolute atomic E-state index is 13.7. The molecule has 0 saturated heterocycles. The third-order valence-electron chi connectivity index (χ3n) is 8.39. The fourth-order valence-corrected chi connectivity index (χ4v) is 6.63. The van der Waals surface area contributed by atoms with Gasteiger partial charge in [0.25, 0.3) is 0 Å². The summed E-state index contributed by atoms with van der Waals surface area (Å²) in [6, 6.07) is 49.2. The number of hydrogen-bond donors (Lipinski definition) is 2. The van der Waals surface area contributed by atoms with E-state index in [0.717, 1.165) is 5.56 Å². The smallest absolute Gasteiger partial charge is 0.128 e. The first-order chi connectivity index (χ1) is 19.6. The monoisotopic (exact) mass is 520 g/mol. The normalized spacial score (nSPS) is 16.5. The highest BCUT2D eigenvalue weighted by molar-refractivity contribution is 5.55. The summed E-state index contributed by atoms with van der Waals surface area (Å²) in [5.41, 5.74) is -0.866. The lowest BCUT2D eigenvalue weighted by Gasteiger charge is -2.59. The Bertz CT molecular complexity index is 1420. The second-order valence-corrected chi connectivity index (χ2v) is 10.4. The van der Waals surface area contributed by atoms with Crippen LogP contribution in [0.25, 0.3) is 0 Å². The van der Waals surface area contributed by atoms with E-state index in [9.17, 15) is 10.2 Å². The number of aliphatic hydroxyl groups is 2. The van der Waals surface area contributed by atoms with Crippen molar-refractivity contribution in [3.8, 4) is 0 Å². The fraction of sp³-hybridized carbons (Fsp3) is 0.105. The minimum absolute atomic E-state index is 0.408. The number of hydrogen-bond acceptors (Lipinski definition) is 2. The third-order valence-corrected chi connectivity index (χ3v) is 8.39. The van der Waals surface area contributed by atoms with Gasteiger partial charge in [0.2, 0.25) is 0 Å². The molecule has 1 atom stereocenters. The molecular formula is C38H32O2. The van der Waals surface area contributed by atoms with E-state index < -0.39 is 22.5 Å². The Balaban J connectivity index is 1.82. The van der Waals surface area contributed by atoms with Gasteiger partial charge in [-0.1, -0.05) is 176 Å². The van der Waals surface area contributed by atoms with Gasteiger partial charge in [0, 0.05) is 5.92 Å². The summed E-state index contributed by atoms with van der Waals surface area (Å²) in [4.78, 5) is 0. The van der Waals surface area contributed by atoms with E-state index in [1.165, 1.54) is 0 Å². The predicted molar refractivity (Wildman–Crippen MR) is 162 cm³/mol. The molecule has 5 aromatic rings. The molecule has 0 aliphatic heterocycles. The molecule has 0 amide bonds. The molecule has 0 aromatic heterocycles. The molecule has 5 aromatic carbocycles.